The Morgan fingerprint density at radius 2 is 2.32 bits per heavy atom. The highest BCUT2D eigenvalue weighted by atomic mass is 35.5. The molecule has 4 nitrogen and oxygen atoms in total. The highest BCUT2D eigenvalue weighted by molar-refractivity contribution is 6.33. The second kappa shape index (κ2) is 4.75. The van der Waals surface area contributed by atoms with E-state index in [9.17, 15) is 4.79 Å². The van der Waals surface area contributed by atoms with E-state index in [4.69, 9.17) is 16.9 Å². The number of nitrogens with one attached hydrogen (secondary N) is 1. The van der Waals surface area contributed by atoms with Crippen LogP contribution in [0.5, 0.6) is 0 Å². The third-order valence-corrected chi connectivity index (χ3v) is 4.29. The number of fused-ring (bicyclic) bond motifs is 1. The van der Waals surface area contributed by atoms with Crippen LogP contribution in [0.4, 0.5) is 5.69 Å². The van der Waals surface area contributed by atoms with Gasteiger partial charge in [-0.05, 0) is 31.0 Å². The maximum atomic E-state index is 11.8. The Bertz CT molecular complexity index is 566. The van der Waals surface area contributed by atoms with Gasteiger partial charge in [0.05, 0.1) is 34.3 Å². The Morgan fingerprint density at radius 3 is 3.05 bits per heavy atom. The molecule has 2 unspecified atom stereocenters. The molecule has 0 bridgehead atoms. The summed E-state index contributed by atoms with van der Waals surface area (Å²) >= 11 is 6.27. The number of carbonyl (C=O) groups is 1. The molecular weight excluding hydrogens is 262 g/mol. The number of hydrogen-bond donors (Lipinski definition) is 1. The number of hydrogen-bond acceptors (Lipinski definition) is 3. The number of nitrogens with zero attached hydrogens (tertiary/aromatic N) is 2. The molecule has 0 spiro atoms. The molecule has 2 saturated heterocycles. The van der Waals surface area contributed by atoms with Crippen LogP contribution in [0.1, 0.15) is 18.4 Å². The van der Waals surface area contributed by atoms with E-state index in [-0.39, 0.29) is 17.9 Å². The van der Waals surface area contributed by atoms with Gasteiger partial charge in [-0.1, -0.05) is 11.6 Å². The summed E-state index contributed by atoms with van der Waals surface area (Å²) in [6, 6.07) is 7.61. The molecule has 1 amide bonds. The largest absolute Gasteiger partial charge is 0.365 e. The molecule has 2 fully saturated rings. The van der Waals surface area contributed by atoms with Gasteiger partial charge in [-0.25, -0.2) is 0 Å². The minimum Gasteiger partial charge on any atom is -0.365 e. The van der Waals surface area contributed by atoms with Gasteiger partial charge < -0.3 is 10.2 Å². The highest BCUT2D eigenvalue weighted by Gasteiger charge is 2.41. The third-order valence-electron chi connectivity index (χ3n) is 3.99. The van der Waals surface area contributed by atoms with Crippen LogP contribution < -0.4 is 10.2 Å². The van der Waals surface area contributed by atoms with E-state index in [0.29, 0.717) is 17.1 Å². The molecule has 0 aliphatic carbocycles. The number of piperidine rings is 1. The van der Waals surface area contributed by atoms with Crippen molar-refractivity contribution < 1.29 is 4.79 Å². The summed E-state index contributed by atoms with van der Waals surface area (Å²) in [5, 5.41) is 12.4. The van der Waals surface area contributed by atoms with Gasteiger partial charge >= 0.3 is 0 Å². The van der Waals surface area contributed by atoms with Crippen LogP contribution >= 0.6 is 11.6 Å². The molecule has 2 heterocycles. The van der Waals surface area contributed by atoms with E-state index < -0.39 is 0 Å². The van der Waals surface area contributed by atoms with E-state index in [1.165, 1.54) is 0 Å². The molecule has 1 aromatic carbocycles. The first kappa shape index (κ1) is 12.3. The predicted molar refractivity (Wildman–Crippen MR) is 73.0 cm³/mol. The molecule has 2 atom stereocenters. The first-order valence-corrected chi connectivity index (χ1v) is 6.82. The molecule has 19 heavy (non-hydrogen) atoms. The Balaban J connectivity index is 1.93. The zero-order valence-electron chi connectivity index (χ0n) is 10.4. The van der Waals surface area contributed by atoms with Crippen molar-refractivity contribution in [3.8, 4) is 6.07 Å². The smallest absolute Gasteiger partial charge is 0.225 e. The van der Waals surface area contributed by atoms with Gasteiger partial charge in [-0.15, -0.1) is 0 Å². The van der Waals surface area contributed by atoms with Crippen LogP contribution in [0.15, 0.2) is 18.2 Å². The lowest BCUT2D eigenvalue weighted by Gasteiger charge is -2.38. The molecule has 2 aliphatic heterocycles. The van der Waals surface area contributed by atoms with Crippen molar-refractivity contribution in [2.75, 3.05) is 18.0 Å². The quantitative estimate of drug-likeness (QED) is 0.852. The predicted octanol–water partition coefficient (Wildman–Crippen LogP) is 1.93. The van der Waals surface area contributed by atoms with Crippen molar-refractivity contribution in [3.05, 3.63) is 28.8 Å². The molecule has 1 N–H and O–H groups in total. The van der Waals surface area contributed by atoms with Crippen molar-refractivity contribution >= 4 is 23.2 Å². The van der Waals surface area contributed by atoms with Crippen LogP contribution in [-0.2, 0) is 4.79 Å². The Morgan fingerprint density at radius 1 is 1.47 bits per heavy atom. The topological polar surface area (TPSA) is 56.1 Å². The van der Waals surface area contributed by atoms with Crippen LogP contribution in [0.2, 0.25) is 5.02 Å². The SMILES string of the molecule is N#Cc1ccc(N2CCCC3C(=O)NCC32)c(Cl)c1. The fourth-order valence-electron chi connectivity index (χ4n) is 3.06. The number of halogens is 1. The number of carbonyl (C=O) groups excluding carboxylic acids is 1. The first-order chi connectivity index (χ1) is 9.20. The average Bonchev–Trinajstić information content (AvgIpc) is 2.81. The Hall–Kier alpha value is -1.73. The Kier molecular flexibility index (Phi) is 3.08. The van der Waals surface area contributed by atoms with Crippen LogP contribution in [0, 0.1) is 17.2 Å². The van der Waals surface area contributed by atoms with Crippen LogP contribution in [0.25, 0.3) is 0 Å². The highest BCUT2D eigenvalue weighted by Crippen LogP contribution is 2.35. The van der Waals surface area contributed by atoms with Gasteiger partial charge in [0.25, 0.3) is 0 Å². The number of rotatable bonds is 1. The zero-order chi connectivity index (χ0) is 13.4. The van der Waals surface area contributed by atoms with Crippen molar-refractivity contribution in [2.24, 2.45) is 5.92 Å². The van der Waals surface area contributed by atoms with Gasteiger partial charge in [0.15, 0.2) is 0 Å². The van der Waals surface area contributed by atoms with Gasteiger partial charge in [0.1, 0.15) is 0 Å². The summed E-state index contributed by atoms with van der Waals surface area (Å²) < 4.78 is 0. The molecule has 98 valence electrons. The molecule has 5 heteroatoms. The summed E-state index contributed by atoms with van der Waals surface area (Å²) in [6.07, 6.45) is 1.94. The summed E-state index contributed by atoms with van der Waals surface area (Å²) in [6.45, 7) is 1.58. The molecule has 3 rings (SSSR count). The average molecular weight is 276 g/mol. The molecule has 0 saturated carbocycles. The number of benzene rings is 1. The maximum absolute atomic E-state index is 11.8. The molecular formula is C14H14ClN3O. The molecule has 1 aromatic rings. The van der Waals surface area contributed by atoms with E-state index in [1.54, 1.807) is 12.1 Å². The molecule has 0 radical (unpaired) electrons. The minimum atomic E-state index is 0.0699. The summed E-state index contributed by atoms with van der Waals surface area (Å²) in [7, 11) is 0. The fourth-order valence-corrected chi connectivity index (χ4v) is 3.35. The van der Waals surface area contributed by atoms with Crippen molar-refractivity contribution in [2.45, 2.75) is 18.9 Å². The van der Waals surface area contributed by atoms with E-state index >= 15 is 0 Å². The number of amides is 1. The number of anilines is 1. The zero-order valence-corrected chi connectivity index (χ0v) is 11.2. The van der Waals surface area contributed by atoms with E-state index in [2.05, 4.69) is 16.3 Å². The summed E-state index contributed by atoms with van der Waals surface area (Å²) in [4.78, 5) is 14.0. The van der Waals surface area contributed by atoms with Gasteiger partial charge in [0.2, 0.25) is 5.91 Å². The van der Waals surface area contributed by atoms with Crippen molar-refractivity contribution in [3.63, 3.8) is 0 Å². The van der Waals surface area contributed by atoms with E-state index in [0.717, 1.165) is 25.1 Å². The monoisotopic (exact) mass is 275 g/mol. The summed E-state index contributed by atoms with van der Waals surface area (Å²) in [5.74, 6) is 0.222. The molecule has 0 aromatic heterocycles. The van der Waals surface area contributed by atoms with Crippen LogP contribution in [-0.4, -0.2) is 25.0 Å². The maximum Gasteiger partial charge on any atom is 0.225 e. The second-order valence-corrected chi connectivity index (χ2v) is 5.44. The van der Waals surface area contributed by atoms with E-state index in [1.807, 2.05) is 6.07 Å². The lowest BCUT2D eigenvalue weighted by Crippen LogP contribution is -2.45. The lowest BCUT2D eigenvalue weighted by atomic mass is 9.91. The fraction of sp³-hybridized carbons (Fsp3) is 0.429. The molecule has 2 aliphatic rings. The summed E-state index contributed by atoms with van der Waals surface area (Å²) in [5.41, 5.74) is 1.48. The van der Waals surface area contributed by atoms with Crippen LogP contribution in [0.3, 0.4) is 0 Å². The lowest BCUT2D eigenvalue weighted by molar-refractivity contribution is -0.122. The number of nitriles is 1. The third kappa shape index (κ3) is 2.04. The van der Waals surface area contributed by atoms with Gasteiger partial charge in [-0.3, -0.25) is 4.79 Å². The van der Waals surface area contributed by atoms with Gasteiger partial charge in [-0.2, -0.15) is 5.26 Å². The first-order valence-electron chi connectivity index (χ1n) is 6.44. The standard InChI is InChI=1S/C14H14ClN3O/c15-11-6-9(7-16)3-4-12(11)18-5-1-2-10-13(18)8-17-14(10)19/h3-4,6,10,13H,1-2,5,8H2,(H,17,19). The minimum absolute atomic E-state index is 0.0699. The van der Waals surface area contributed by atoms with Gasteiger partial charge in [0, 0.05) is 13.1 Å². The van der Waals surface area contributed by atoms with Crippen molar-refractivity contribution in [1.29, 1.82) is 5.26 Å². The normalized spacial score (nSPS) is 25.7. The second-order valence-electron chi connectivity index (χ2n) is 5.03. The van der Waals surface area contributed by atoms with Crippen molar-refractivity contribution in [1.82, 2.24) is 5.32 Å². The Labute approximate surface area is 117 Å².